The molecular formula is C10H11Cl2NO3S. The summed E-state index contributed by atoms with van der Waals surface area (Å²) in [5.74, 6) is -1.16. The number of hydrogen-bond acceptors (Lipinski definition) is 3. The lowest BCUT2D eigenvalue weighted by Gasteiger charge is -2.12. The summed E-state index contributed by atoms with van der Waals surface area (Å²) >= 11 is 11.6. The molecule has 94 valence electrons. The summed E-state index contributed by atoms with van der Waals surface area (Å²) in [7, 11) is -1.77. The molecule has 1 aromatic rings. The van der Waals surface area contributed by atoms with Crippen molar-refractivity contribution < 1.29 is 14.1 Å². The van der Waals surface area contributed by atoms with Crippen LogP contribution in [-0.2, 0) is 15.6 Å². The summed E-state index contributed by atoms with van der Waals surface area (Å²) < 4.78 is 12.1. The molecule has 0 radical (unpaired) electrons. The van der Waals surface area contributed by atoms with E-state index in [9.17, 15) is 9.00 Å². The Labute approximate surface area is 111 Å². The zero-order valence-electron chi connectivity index (χ0n) is 8.73. The van der Waals surface area contributed by atoms with Gasteiger partial charge < -0.3 is 10.8 Å². The van der Waals surface area contributed by atoms with Crippen LogP contribution in [0.25, 0.3) is 0 Å². The first-order valence-electron chi connectivity index (χ1n) is 4.76. The second-order valence-electron chi connectivity index (χ2n) is 3.28. The van der Waals surface area contributed by atoms with Crippen LogP contribution >= 0.6 is 23.2 Å². The van der Waals surface area contributed by atoms with Crippen molar-refractivity contribution in [2.75, 3.05) is 6.54 Å². The lowest BCUT2D eigenvalue weighted by Crippen LogP contribution is -2.28. The molecule has 0 bridgehead atoms. The van der Waals surface area contributed by atoms with Gasteiger partial charge in [0.05, 0.1) is 20.7 Å². The van der Waals surface area contributed by atoms with E-state index in [-0.39, 0.29) is 22.9 Å². The quantitative estimate of drug-likeness (QED) is 0.869. The van der Waals surface area contributed by atoms with E-state index >= 15 is 0 Å². The Morgan fingerprint density at radius 1 is 1.47 bits per heavy atom. The second kappa shape index (κ2) is 6.35. The molecule has 7 heteroatoms. The van der Waals surface area contributed by atoms with Crippen molar-refractivity contribution in [1.29, 1.82) is 0 Å². The van der Waals surface area contributed by atoms with Crippen LogP contribution in [-0.4, -0.2) is 27.1 Å². The molecule has 17 heavy (non-hydrogen) atoms. The van der Waals surface area contributed by atoms with Crippen LogP contribution in [0.15, 0.2) is 23.1 Å². The maximum absolute atomic E-state index is 12.1. The largest absolute Gasteiger partial charge is 0.480 e. The molecule has 0 saturated carbocycles. The molecule has 0 aromatic heterocycles. The van der Waals surface area contributed by atoms with Gasteiger partial charge in [0.15, 0.2) is 0 Å². The number of benzene rings is 1. The van der Waals surface area contributed by atoms with E-state index in [1.165, 1.54) is 12.1 Å². The van der Waals surface area contributed by atoms with Gasteiger partial charge in [-0.05, 0) is 31.2 Å². The number of nitrogens with two attached hydrogens (primary N) is 1. The Morgan fingerprint density at radius 2 is 2.12 bits per heavy atom. The fraction of sp³-hybridized carbons (Fsp3) is 0.300. The third kappa shape index (κ3) is 3.67. The van der Waals surface area contributed by atoms with E-state index < -0.39 is 22.0 Å². The van der Waals surface area contributed by atoms with Gasteiger partial charge in [0.25, 0.3) is 0 Å². The Hall–Kier alpha value is -0.620. The molecule has 2 atom stereocenters. The van der Waals surface area contributed by atoms with E-state index in [0.717, 1.165) is 0 Å². The van der Waals surface area contributed by atoms with Crippen molar-refractivity contribution in [2.45, 2.75) is 16.6 Å². The number of carboxylic acids is 1. The minimum atomic E-state index is -1.77. The first-order valence-corrected chi connectivity index (χ1v) is 6.72. The third-order valence-corrected chi connectivity index (χ3v) is 4.47. The Bertz CT molecular complexity index is 453. The number of aliphatic carboxylic acids is 1. The zero-order chi connectivity index (χ0) is 13.0. The van der Waals surface area contributed by atoms with Gasteiger partial charge in [-0.2, -0.15) is 0 Å². The van der Waals surface area contributed by atoms with Crippen molar-refractivity contribution in [1.82, 2.24) is 0 Å². The SMILES string of the molecule is NCCC(C(=O)O)S(=O)c1cc(Cl)ccc1Cl. The number of carbonyl (C=O) groups is 1. The summed E-state index contributed by atoms with van der Waals surface area (Å²) in [5.41, 5.74) is 5.29. The van der Waals surface area contributed by atoms with Gasteiger partial charge in [-0.1, -0.05) is 23.2 Å². The zero-order valence-corrected chi connectivity index (χ0v) is 11.1. The highest BCUT2D eigenvalue weighted by molar-refractivity contribution is 7.86. The molecule has 0 fully saturated rings. The number of carboxylic acid groups (broad SMARTS) is 1. The molecule has 0 aliphatic carbocycles. The molecule has 1 aromatic carbocycles. The average Bonchev–Trinajstić information content (AvgIpc) is 2.28. The summed E-state index contributed by atoms with van der Waals surface area (Å²) in [6.45, 7) is 0.140. The van der Waals surface area contributed by atoms with E-state index in [0.29, 0.717) is 5.02 Å². The fourth-order valence-corrected chi connectivity index (χ4v) is 3.18. The highest BCUT2D eigenvalue weighted by atomic mass is 35.5. The molecule has 0 aliphatic heterocycles. The average molecular weight is 296 g/mol. The molecule has 1 rings (SSSR count). The molecule has 0 heterocycles. The molecule has 0 spiro atoms. The van der Waals surface area contributed by atoms with Crippen molar-refractivity contribution in [3.8, 4) is 0 Å². The predicted molar refractivity (Wildman–Crippen MR) is 68.0 cm³/mol. The highest BCUT2D eigenvalue weighted by Crippen LogP contribution is 2.26. The van der Waals surface area contributed by atoms with E-state index in [2.05, 4.69) is 0 Å². The van der Waals surface area contributed by atoms with Crippen LogP contribution < -0.4 is 5.73 Å². The van der Waals surface area contributed by atoms with Gasteiger partial charge in [0.2, 0.25) is 0 Å². The second-order valence-corrected chi connectivity index (χ2v) is 5.72. The van der Waals surface area contributed by atoms with Crippen molar-refractivity contribution in [3.63, 3.8) is 0 Å². The number of hydrogen-bond donors (Lipinski definition) is 2. The fourth-order valence-electron chi connectivity index (χ4n) is 1.26. The summed E-state index contributed by atoms with van der Waals surface area (Å²) in [6.07, 6.45) is 0.116. The Kier molecular flexibility index (Phi) is 5.39. The topological polar surface area (TPSA) is 80.4 Å². The first kappa shape index (κ1) is 14.4. The maximum atomic E-state index is 12.1. The van der Waals surface area contributed by atoms with Crippen LogP contribution in [0, 0.1) is 0 Å². The molecule has 2 unspecified atom stereocenters. The molecule has 0 amide bonds. The van der Waals surface area contributed by atoms with Crippen LogP contribution in [0.4, 0.5) is 0 Å². The van der Waals surface area contributed by atoms with Crippen LogP contribution in [0.3, 0.4) is 0 Å². The lowest BCUT2D eigenvalue weighted by molar-refractivity contribution is -0.136. The third-order valence-electron chi connectivity index (χ3n) is 2.07. The van der Waals surface area contributed by atoms with E-state index in [1.54, 1.807) is 6.07 Å². The number of rotatable bonds is 5. The standard InChI is InChI=1S/C10H11Cl2NO3S/c11-6-1-2-7(12)9(5-6)17(16)8(3-4-13)10(14)15/h1-2,5,8H,3-4,13H2,(H,14,15). The Balaban J connectivity index is 3.09. The molecular weight excluding hydrogens is 285 g/mol. The predicted octanol–water partition coefficient (Wildman–Crippen LogP) is 1.90. The van der Waals surface area contributed by atoms with Gasteiger partial charge in [0.1, 0.15) is 5.25 Å². The minimum Gasteiger partial charge on any atom is -0.480 e. The number of halogens is 2. The molecule has 3 N–H and O–H groups in total. The van der Waals surface area contributed by atoms with E-state index in [1.807, 2.05) is 0 Å². The van der Waals surface area contributed by atoms with Gasteiger partial charge in [-0.3, -0.25) is 9.00 Å². The summed E-state index contributed by atoms with van der Waals surface area (Å²) in [4.78, 5) is 11.2. The van der Waals surface area contributed by atoms with E-state index in [4.69, 9.17) is 34.0 Å². The lowest BCUT2D eigenvalue weighted by atomic mass is 10.3. The normalized spacial score (nSPS) is 14.3. The first-order chi connectivity index (χ1) is 7.97. The Morgan fingerprint density at radius 3 is 2.65 bits per heavy atom. The maximum Gasteiger partial charge on any atom is 0.319 e. The van der Waals surface area contributed by atoms with Crippen LogP contribution in [0.5, 0.6) is 0 Å². The molecule has 0 aliphatic rings. The van der Waals surface area contributed by atoms with Gasteiger partial charge in [0, 0.05) is 5.02 Å². The molecule has 0 saturated heterocycles. The summed E-state index contributed by atoms with van der Waals surface area (Å²) in [6, 6.07) is 4.44. The van der Waals surface area contributed by atoms with Crippen LogP contribution in [0.1, 0.15) is 6.42 Å². The molecule has 4 nitrogen and oxygen atoms in total. The van der Waals surface area contributed by atoms with Gasteiger partial charge in [-0.15, -0.1) is 0 Å². The monoisotopic (exact) mass is 295 g/mol. The summed E-state index contributed by atoms with van der Waals surface area (Å²) in [5, 5.41) is 8.49. The van der Waals surface area contributed by atoms with Gasteiger partial charge in [-0.25, -0.2) is 0 Å². The van der Waals surface area contributed by atoms with Gasteiger partial charge >= 0.3 is 5.97 Å². The van der Waals surface area contributed by atoms with Crippen molar-refractivity contribution in [2.24, 2.45) is 5.73 Å². The van der Waals surface area contributed by atoms with Crippen molar-refractivity contribution >= 4 is 40.0 Å². The van der Waals surface area contributed by atoms with Crippen LogP contribution in [0.2, 0.25) is 10.0 Å². The highest BCUT2D eigenvalue weighted by Gasteiger charge is 2.26. The minimum absolute atomic E-state index is 0.116. The van der Waals surface area contributed by atoms with Crippen molar-refractivity contribution in [3.05, 3.63) is 28.2 Å². The smallest absolute Gasteiger partial charge is 0.319 e.